The Hall–Kier alpha value is -3.21. The predicted molar refractivity (Wildman–Crippen MR) is 73.8 cm³/mol. The molecule has 0 aliphatic rings. The molecule has 8 heteroatoms. The van der Waals surface area contributed by atoms with Gasteiger partial charge in [0.2, 0.25) is 5.82 Å². The molecule has 0 aliphatic carbocycles. The van der Waals surface area contributed by atoms with E-state index in [0.717, 1.165) is 0 Å². The molecule has 0 bridgehead atoms. The van der Waals surface area contributed by atoms with Gasteiger partial charge in [0.15, 0.2) is 0 Å². The molecule has 0 unspecified atom stereocenters. The van der Waals surface area contributed by atoms with Crippen molar-refractivity contribution in [3.63, 3.8) is 0 Å². The predicted octanol–water partition coefficient (Wildman–Crippen LogP) is 1.73. The fourth-order valence-electron chi connectivity index (χ4n) is 2.25. The second-order valence-corrected chi connectivity index (χ2v) is 4.46. The molecule has 0 saturated heterocycles. The van der Waals surface area contributed by atoms with Crippen LogP contribution >= 0.6 is 0 Å². The largest absolute Gasteiger partial charge is 0.331 e. The Morgan fingerprint density at radius 3 is 2.90 bits per heavy atom. The summed E-state index contributed by atoms with van der Waals surface area (Å²) >= 11 is 0. The van der Waals surface area contributed by atoms with Crippen LogP contribution in [0.15, 0.2) is 30.5 Å². The Kier molecular flexibility index (Phi) is 2.88. The first kappa shape index (κ1) is 12.8. The highest BCUT2D eigenvalue weighted by molar-refractivity contribution is 5.78. The van der Waals surface area contributed by atoms with Gasteiger partial charge in [-0.15, -0.1) is 5.10 Å². The Balaban J connectivity index is 2.36. The highest BCUT2D eigenvalue weighted by Gasteiger charge is 2.24. The first-order valence-corrected chi connectivity index (χ1v) is 6.13. The summed E-state index contributed by atoms with van der Waals surface area (Å²) in [6, 6.07) is 9.24. The van der Waals surface area contributed by atoms with E-state index in [2.05, 4.69) is 10.1 Å². The van der Waals surface area contributed by atoms with E-state index in [9.17, 15) is 10.1 Å². The van der Waals surface area contributed by atoms with Gasteiger partial charge in [-0.3, -0.25) is 19.4 Å². The molecule has 1 aromatic carbocycles. The first-order valence-electron chi connectivity index (χ1n) is 6.13. The van der Waals surface area contributed by atoms with Crippen molar-refractivity contribution in [1.29, 1.82) is 5.26 Å². The molecule has 0 saturated carbocycles. The maximum atomic E-state index is 11.2. The van der Waals surface area contributed by atoms with Gasteiger partial charge in [0.1, 0.15) is 12.0 Å². The van der Waals surface area contributed by atoms with Gasteiger partial charge in [0.05, 0.1) is 28.4 Å². The van der Waals surface area contributed by atoms with Gasteiger partial charge < -0.3 is 0 Å². The monoisotopic (exact) mass is 282 g/mol. The van der Waals surface area contributed by atoms with E-state index in [4.69, 9.17) is 5.26 Å². The lowest BCUT2D eigenvalue weighted by Crippen LogP contribution is -2.04. The minimum absolute atomic E-state index is 0.0441. The van der Waals surface area contributed by atoms with Gasteiger partial charge in [-0.25, -0.2) is 4.98 Å². The van der Waals surface area contributed by atoms with Gasteiger partial charge in [0, 0.05) is 7.05 Å². The molecule has 0 N–H and O–H groups in total. The van der Waals surface area contributed by atoms with E-state index in [-0.39, 0.29) is 17.9 Å². The summed E-state index contributed by atoms with van der Waals surface area (Å²) in [5.41, 5.74) is 1.23. The third-order valence-electron chi connectivity index (χ3n) is 3.07. The lowest BCUT2D eigenvalue weighted by Gasteiger charge is -2.03. The van der Waals surface area contributed by atoms with Gasteiger partial charge in [-0.2, -0.15) is 5.26 Å². The van der Waals surface area contributed by atoms with Gasteiger partial charge in [-0.05, 0) is 12.1 Å². The standard InChI is InChI=1S/C13H10N6O2/c1-17-8-11(19(20)21)13(16-17)18-10-5-3-2-4-9(10)15-12(18)6-7-14/h2-5,8H,6H2,1H3. The van der Waals surface area contributed by atoms with Crippen molar-refractivity contribution in [2.45, 2.75) is 6.42 Å². The number of hydrogen-bond acceptors (Lipinski definition) is 5. The van der Waals surface area contributed by atoms with Crippen LogP contribution < -0.4 is 0 Å². The fourth-order valence-corrected chi connectivity index (χ4v) is 2.25. The van der Waals surface area contributed by atoms with Gasteiger partial charge in [0.25, 0.3) is 0 Å². The summed E-state index contributed by atoms with van der Waals surface area (Å²) in [4.78, 5) is 15.1. The average molecular weight is 282 g/mol. The number of para-hydroxylation sites is 2. The molecule has 0 fully saturated rings. The number of hydrogen-bond donors (Lipinski definition) is 0. The molecule has 0 aliphatic heterocycles. The van der Waals surface area contributed by atoms with Gasteiger partial charge >= 0.3 is 5.69 Å². The van der Waals surface area contributed by atoms with E-state index in [1.54, 1.807) is 23.7 Å². The lowest BCUT2D eigenvalue weighted by atomic mass is 10.3. The second-order valence-electron chi connectivity index (χ2n) is 4.46. The van der Waals surface area contributed by atoms with Crippen molar-refractivity contribution in [3.8, 4) is 11.9 Å². The zero-order valence-electron chi connectivity index (χ0n) is 11.1. The molecule has 21 heavy (non-hydrogen) atoms. The molecule has 0 atom stereocenters. The Labute approximate surface area is 119 Å². The van der Waals surface area contributed by atoms with Crippen molar-refractivity contribution >= 4 is 16.7 Å². The Morgan fingerprint density at radius 2 is 2.19 bits per heavy atom. The van der Waals surface area contributed by atoms with Crippen molar-refractivity contribution in [1.82, 2.24) is 19.3 Å². The fraction of sp³-hybridized carbons (Fsp3) is 0.154. The zero-order valence-corrected chi connectivity index (χ0v) is 11.1. The van der Waals surface area contributed by atoms with Crippen LogP contribution in [0.3, 0.4) is 0 Å². The van der Waals surface area contributed by atoms with E-state index in [1.807, 2.05) is 18.2 Å². The van der Waals surface area contributed by atoms with Crippen LogP contribution in [-0.2, 0) is 13.5 Å². The van der Waals surface area contributed by atoms with Crippen LogP contribution in [0.5, 0.6) is 0 Å². The number of aryl methyl sites for hydroxylation is 1. The number of nitriles is 1. The third-order valence-corrected chi connectivity index (χ3v) is 3.07. The Bertz CT molecular complexity index is 886. The number of rotatable bonds is 3. The molecule has 0 amide bonds. The molecule has 2 aromatic heterocycles. The van der Waals surface area contributed by atoms with E-state index in [1.165, 1.54) is 10.9 Å². The van der Waals surface area contributed by atoms with E-state index in [0.29, 0.717) is 16.9 Å². The Morgan fingerprint density at radius 1 is 1.43 bits per heavy atom. The number of fused-ring (bicyclic) bond motifs is 1. The van der Waals surface area contributed by atoms with Crippen LogP contribution in [-0.4, -0.2) is 24.3 Å². The summed E-state index contributed by atoms with van der Waals surface area (Å²) in [5.74, 6) is 0.599. The molecular formula is C13H10N6O2. The molecule has 3 aromatic rings. The number of imidazole rings is 1. The van der Waals surface area contributed by atoms with Crippen molar-refractivity contribution in [2.75, 3.05) is 0 Å². The van der Waals surface area contributed by atoms with Crippen molar-refractivity contribution in [2.24, 2.45) is 7.05 Å². The van der Waals surface area contributed by atoms with Crippen LogP contribution in [0.25, 0.3) is 16.9 Å². The average Bonchev–Trinajstić information content (AvgIpc) is 2.99. The van der Waals surface area contributed by atoms with Crippen LogP contribution in [0, 0.1) is 21.4 Å². The summed E-state index contributed by atoms with van der Waals surface area (Å²) in [7, 11) is 1.61. The number of benzene rings is 1. The molecule has 8 nitrogen and oxygen atoms in total. The molecule has 104 valence electrons. The quantitative estimate of drug-likeness (QED) is 0.537. The van der Waals surface area contributed by atoms with E-state index >= 15 is 0 Å². The smallest absolute Gasteiger partial charge is 0.272 e. The summed E-state index contributed by atoms with van der Waals surface area (Å²) in [6.07, 6.45) is 1.38. The number of nitrogens with zero attached hydrogens (tertiary/aromatic N) is 6. The normalized spacial score (nSPS) is 10.7. The first-order chi connectivity index (χ1) is 10.1. The molecule has 2 heterocycles. The topological polar surface area (TPSA) is 103 Å². The molecule has 0 radical (unpaired) electrons. The zero-order chi connectivity index (χ0) is 15.0. The van der Waals surface area contributed by atoms with Crippen LogP contribution in [0.2, 0.25) is 0 Å². The highest BCUT2D eigenvalue weighted by atomic mass is 16.6. The molecule has 3 rings (SSSR count). The summed E-state index contributed by atoms with van der Waals surface area (Å²) in [6.45, 7) is 0. The number of nitro groups is 1. The minimum Gasteiger partial charge on any atom is -0.272 e. The molecular weight excluding hydrogens is 272 g/mol. The second kappa shape index (κ2) is 4.72. The van der Waals surface area contributed by atoms with Crippen molar-refractivity contribution < 1.29 is 4.92 Å². The van der Waals surface area contributed by atoms with E-state index < -0.39 is 4.92 Å². The van der Waals surface area contributed by atoms with Crippen LogP contribution in [0.4, 0.5) is 5.69 Å². The maximum Gasteiger partial charge on any atom is 0.331 e. The minimum atomic E-state index is -0.493. The maximum absolute atomic E-state index is 11.2. The SMILES string of the molecule is Cn1cc([N+](=O)[O-])c(-n2c(CC#N)nc3ccccc32)n1. The highest BCUT2D eigenvalue weighted by Crippen LogP contribution is 2.27. The van der Waals surface area contributed by atoms with Crippen LogP contribution in [0.1, 0.15) is 5.82 Å². The lowest BCUT2D eigenvalue weighted by molar-refractivity contribution is -0.384. The molecule has 0 spiro atoms. The third kappa shape index (κ3) is 2.01. The number of aromatic nitrogens is 4. The summed E-state index contributed by atoms with van der Waals surface area (Å²) in [5, 5.41) is 24.3. The van der Waals surface area contributed by atoms with Gasteiger partial charge in [-0.1, -0.05) is 12.1 Å². The van der Waals surface area contributed by atoms with Crippen molar-refractivity contribution in [3.05, 3.63) is 46.4 Å². The summed E-state index contributed by atoms with van der Waals surface area (Å²) < 4.78 is 2.94.